The Morgan fingerprint density at radius 3 is 2.47 bits per heavy atom. The van der Waals surface area contributed by atoms with Gasteiger partial charge in [0.05, 0.1) is 12.1 Å². The number of hydrogen-bond acceptors (Lipinski definition) is 4. The summed E-state index contributed by atoms with van der Waals surface area (Å²) < 4.78 is 6.82. The molecule has 5 rings (SSSR count). The summed E-state index contributed by atoms with van der Waals surface area (Å²) in [5.74, 6) is 1.54. The number of pyridine rings is 1. The molecule has 0 unspecified atom stereocenters. The highest BCUT2D eigenvalue weighted by atomic mass is 35.5. The number of aromatic nitrogens is 1. The molecule has 1 aliphatic rings. The molecule has 1 aliphatic carbocycles. The van der Waals surface area contributed by atoms with Gasteiger partial charge in [0, 0.05) is 45.7 Å². The molecule has 2 aromatic heterocycles. The molecule has 0 radical (unpaired) electrons. The van der Waals surface area contributed by atoms with Gasteiger partial charge >= 0.3 is 0 Å². The third-order valence-electron chi connectivity index (χ3n) is 7.97. The number of nitrogens with zero attached hydrogens (tertiary/aromatic N) is 2. The fraction of sp³-hybridized carbons (Fsp3) is 0.375. The van der Waals surface area contributed by atoms with Crippen molar-refractivity contribution in [3.05, 3.63) is 82.0 Å². The number of amides is 1. The van der Waals surface area contributed by atoms with E-state index in [-0.39, 0.29) is 11.9 Å². The molecule has 1 saturated carbocycles. The van der Waals surface area contributed by atoms with E-state index in [1.807, 2.05) is 36.5 Å². The Morgan fingerprint density at radius 1 is 1.05 bits per heavy atom. The lowest BCUT2D eigenvalue weighted by molar-refractivity contribution is 0.0591. The molecule has 0 N–H and O–H groups in total. The van der Waals surface area contributed by atoms with Crippen molar-refractivity contribution in [3.8, 4) is 16.9 Å². The number of carbonyl (C=O) groups is 1. The van der Waals surface area contributed by atoms with Gasteiger partial charge in [0.15, 0.2) is 0 Å². The van der Waals surface area contributed by atoms with Gasteiger partial charge in [-0.1, -0.05) is 62.2 Å². The van der Waals surface area contributed by atoms with Crippen molar-refractivity contribution >= 4 is 38.9 Å². The molecule has 0 aliphatic heterocycles. The standard InChI is InChI=1S/C32H35ClN2O2S/c1-4-21-10-15-26(16-11-21)35(32(36)31-30(33)27-8-6-7-9-29(27)38-31)20-24-18-22(13-17-28(24)37-3)23-12-14-25(5-2)34-19-23/h6-9,12-14,17-19,21,26H,4-5,10-11,15-16,20H2,1-3H3. The summed E-state index contributed by atoms with van der Waals surface area (Å²) in [6, 6.07) is 18.6. The smallest absolute Gasteiger partial charge is 0.266 e. The van der Waals surface area contributed by atoms with Crippen LogP contribution in [0.1, 0.15) is 66.9 Å². The molecule has 1 amide bonds. The van der Waals surface area contributed by atoms with Crippen LogP contribution < -0.4 is 4.74 Å². The zero-order chi connectivity index (χ0) is 26.6. The van der Waals surface area contributed by atoms with E-state index < -0.39 is 0 Å². The molecule has 4 nitrogen and oxygen atoms in total. The van der Waals surface area contributed by atoms with Gasteiger partial charge in [0.25, 0.3) is 5.91 Å². The van der Waals surface area contributed by atoms with Crippen LogP contribution >= 0.6 is 22.9 Å². The van der Waals surface area contributed by atoms with Crippen molar-refractivity contribution < 1.29 is 9.53 Å². The SMILES string of the molecule is CCc1ccc(-c2ccc(OC)c(CN(C(=O)c3sc4ccccc4c3Cl)C3CCC(CC)CC3)c2)cn1. The Hall–Kier alpha value is -2.89. The molecule has 0 saturated heterocycles. The lowest BCUT2D eigenvalue weighted by atomic mass is 9.83. The van der Waals surface area contributed by atoms with Crippen molar-refractivity contribution in [3.63, 3.8) is 0 Å². The Balaban J connectivity index is 1.51. The average Bonchev–Trinajstić information content (AvgIpc) is 3.32. The number of ether oxygens (including phenoxy) is 1. The second-order valence-electron chi connectivity index (χ2n) is 10.2. The Kier molecular flexibility index (Phi) is 8.35. The number of methoxy groups -OCH3 is 1. The maximum atomic E-state index is 14.2. The van der Waals surface area contributed by atoms with Gasteiger partial charge in [0.2, 0.25) is 0 Å². The first-order chi connectivity index (χ1) is 18.5. The molecule has 0 bridgehead atoms. The minimum Gasteiger partial charge on any atom is -0.496 e. The summed E-state index contributed by atoms with van der Waals surface area (Å²) in [5.41, 5.74) is 4.19. The van der Waals surface area contributed by atoms with Crippen LogP contribution in [0.2, 0.25) is 5.02 Å². The third-order valence-corrected chi connectivity index (χ3v) is 9.63. The molecule has 2 heterocycles. The molecule has 1 fully saturated rings. The third kappa shape index (κ3) is 5.45. The van der Waals surface area contributed by atoms with Gasteiger partial charge in [0.1, 0.15) is 10.6 Å². The largest absolute Gasteiger partial charge is 0.496 e. The predicted octanol–water partition coefficient (Wildman–Crippen LogP) is 8.80. The number of aryl methyl sites for hydroxylation is 1. The number of halogens is 1. The van der Waals surface area contributed by atoms with E-state index in [1.54, 1.807) is 7.11 Å². The van der Waals surface area contributed by atoms with Crippen LogP contribution in [0.5, 0.6) is 5.75 Å². The Labute approximate surface area is 234 Å². The van der Waals surface area contributed by atoms with Crippen LogP contribution in [0.3, 0.4) is 0 Å². The van der Waals surface area contributed by atoms with E-state index in [4.69, 9.17) is 16.3 Å². The maximum absolute atomic E-state index is 14.2. The fourth-order valence-corrected chi connectivity index (χ4v) is 7.05. The topological polar surface area (TPSA) is 42.4 Å². The number of carbonyl (C=O) groups excluding carboxylic acids is 1. The van der Waals surface area contributed by atoms with E-state index in [1.165, 1.54) is 17.8 Å². The molecule has 198 valence electrons. The highest BCUT2D eigenvalue weighted by Crippen LogP contribution is 2.39. The zero-order valence-corrected chi connectivity index (χ0v) is 23.9. The van der Waals surface area contributed by atoms with E-state index in [9.17, 15) is 4.79 Å². The minimum atomic E-state index is 0.0116. The van der Waals surface area contributed by atoms with Crippen LogP contribution in [0.4, 0.5) is 0 Å². The van der Waals surface area contributed by atoms with E-state index in [2.05, 4.69) is 48.0 Å². The van der Waals surface area contributed by atoms with Gasteiger partial charge in [-0.25, -0.2) is 0 Å². The van der Waals surface area contributed by atoms with Crippen LogP contribution in [0.25, 0.3) is 21.2 Å². The first kappa shape index (κ1) is 26.7. The number of rotatable bonds is 8. The van der Waals surface area contributed by atoms with Crippen LogP contribution in [0.15, 0.2) is 60.8 Å². The Bertz CT molecular complexity index is 1410. The molecular formula is C32H35ClN2O2S. The average molecular weight is 547 g/mol. The first-order valence-electron chi connectivity index (χ1n) is 13.6. The molecule has 6 heteroatoms. The number of benzene rings is 2. The van der Waals surface area contributed by atoms with Crippen molar-refractivity contribution in [2.24, 2.45) is 5.92 Å². The van der Waals surface area contributed by atoms with E-state index in [0.717, 1.165) is 76.2 Å². The summed E-state index contributed by atoms with van der Waals surface area (Å²) in [6.45, 7) is 4.85. The molecule has 4 aromatic rings. The summed E-state index contributed by atoms with van der Waals surface area (Å²) in [6.07, 6.45) is 8.36. The molecule has 2 aromatic carbocycles. The van der Waals surface area contributed by atoms with Gasteiger partial charge < -0.3 is 9.64 Å². The van der Waals surface area contributed by atoms with E-state index >= 15 is 0 Å². The van der Waals surface area contributed by atoms with E-state index in [0.29, 0.717) is 16.4 Å². The molecular weight excluding hydrogens is 512 g/mol. The number of hydrogen-bond donors (Lipinski definition) is 0. The summed E-state index contributed by atoms with van der Waals surface area (Å²) in [5, 5.41) is 1.51. The monoisotopic (exact) mass is 546 g/mol. The first-order valence-corrected chi connectivity index (χ1v) is 14.8. The van der Waals surface area contributed by atoms with Crippen molar-refractivity contribution in [2.75, 3.05) is 7.11 Å². The lowest BCUT2D eigenvalue weighted by Crippen LogP contribution is -2.41. The highest BCUT2D eigenvalue weighted by Gasteiger charge is 2.32. The summed E-state index contributed by atoms with van der Waals surface area (Å²) in [4.78, 5) is 21.5. The van der Waals surface area contributed by atoms with Crippen molar-refractivity contribution in [1.82, 2.24) is 9.88 Å². The summed E-state index contributed by atoms with van der Waals surface area (Å²) in [7, 11) is 1.69. The Morgan fingerprint density at radius 2 is 1.82 bits per heavy atom. The normalized spacial score (nSPS) is 17.5. The van der Waals surface area contributed by atoms with Gasteiger partial charge in [-0.15, -0.1) is 11.3 Å². The molecule has 0 spiro atoms. The predicted molar refractivity (Wildman–Crippen MR) is 158 cm³/mol. The lowest BCUT2D eigenvalue weighted by Gasteiger charge is -2.37. The van der Waals surface area contributed by atoms with Crippen LogP contribution in [0, 0.1) is 5.92 Å². The number of thiophene rings is 1. The fourth-order valence-electron chi connectivity index (χ4n) is 5.58. The van der Waals surface area contributed by atoms with Gasteiger partial charge in [-0.3, -0.25) is 9.78 Å². The van der Waals surface area contributed by atoms with Crippen LogP contribution in [-0.2, 0) is 13.0 Å². The van der Waals surface area contributed by atoms with Gasteiger partial charge in [-0.2, -0.15) is 0 Å². The quantitative estimate of drug-likeness (QED) is 0.222. The molecule has 38 heavy (non-hydrogen) atoms. The minimum absolute atomic E-state index is 0.0116. The molecule has 0 atom stereocenters. The number of fused-ring (bicyclic) bond motifs is 1. The van der Waals surface area contributed by atoms with Crippen LogP contribution in [-0.4, -0.2) is 28.9 Å². The zero-order valence-electron chi connectivity index (χ0n) is 22.4. The maximum Gasteiger partial charge on any atom is 0.266 e. The van der Waals surface area contributed by atoms with Crippen molar-refractivity contribution in [1.29, 1.82) is 0 Å². The van der Waals surface area contributed by atoms with Gasteiger partial charge in [-0.05, 0) is 67.9 Å². The second-order valence-corrected chi connectivity index (χ2v) is 11.6. The van der Waals surface area contributed by atoms with Crippen molar-refractivity contribution in [2.45, 2.75) is 65.0 Å². The second kappa shape index (κ2) is 11.9. The highest BCUT2D eigenvalue weighted by molar-refractivity contribution is 7.21. The summed E-state index contributed by atoms with van der Waals surface area (Å²) >= 11 is 8.29.